The number of fused-ring (bicyclic) bond motifs is 1. The van der Waals surface area contributed by atoms with Gasteiger partial charge in [-0.15, -0.1) is 0 Å². The Bertz CT molecular complexity index is 1720. The highest BCUT2D eigenvalue weighted by molar-refractivity contribution is 5.93. The van der Waals surface area contributed by atoms with Gasteiger partial charge in [0.15, 0.2) is 0 Å². The maximum absolute atomic E-state index is 13.4. The number of hydrogen-bond donors (Lipinski definition) is 1. The van der Waals surface area contributed by atoms with Crippen molar-refractivity contribution in [2.24, 2.45) is 0 Å². The number of hydrogen-bond acceptors (Lipinski definition) is 3. The van der Waals surface area contributed by atoms with E-state index in [9.17, 15) is 23.1 Å². The van der Waals surface area contributed by atoms with Gasteiger partial charge in [-0.25, -0.2) is 9.78 Å². The number of rotatable bonds is 8. The fourth-order valence-corrected chi connectivity index (χ4v) is 6.07. The molecule has 1 aliphatic rings. The van der Waals surface area contributed by atoms with E-state index in [-0.39, 0.29) is 5.56 Å². The number of carboxylic acids is 1. The van der Waals surface area contributed by atoms with Gasteiger partial charge in [0.05, 0.1) is 22.2 Å². The van der Waals surface area contributed by atoms with E-state index >= 15 is 0 Å². The molecule has 0 bridgehead atoms. The highest BCUT2D eigenvalue weighted by Crippen LogP contribution is 2.36. The van der Waals surface area contributed by atoms with Gasteiger partial charge < -0.3 is 14.6 Å². The number of carbonyl (C=O) groups is 1. The quantitative estimate of drug-likeness (QED) is 0.198. The molecule has 0 amide bonds. The molecule has 0 unspecified atom stereocenters. The molecule has 0 radical (unpaired) electrons. The molecule has 43 heavy (non-hydrogen) atoms. The summed E-state index contributed by atoms with van der Waals surface area (Å²) in [4.78, 5) is 18.6. The Labute approximate surface area is 248 Å². The highest BCUT2D eigenvalue weighted by atomic mass is 19.4. The predicted octanol–water partition coefficient (Wildman–Crippen LogP) is 9.13. The molecule has 1 aromatic heterocycles. The number of alkyl halides is 3. The predicted molar refractivity (Wildman–Crippen MR) is 162 cm³/mol. The Morgan fingerprint density at radius 1 is 0.837 bits per heavy atom. The number of para-hydroxylation sites is 1. The number of aromatic nitrogens is 2. The maximum atomic E-state index is 13.4. The largest absolute Gasteiger partial charge is 0.478 e. The second-order valence-electron chi connectivity index (χ2n) is 11.2. The third-order valence-corrected chi connectivity index (χ3v) is 8.21. The van der Waals surface area contributed by atoms with E-state index in [0.29, 0.717) is 30.2 Å². The van der Waals surface area contributed by atoms with E-state index < -0.39 is 17.7 Å². The van der Waals surface area contributed by atoms with Gasteiger partial charge >= 0.3 is 12.1 Å². The van der Waals surface area contributed by atoms with Gasteiger partial charge in [0, 0.05) is 30.4 Å². The average Bonchev–Trinajstić information content (AvgIpc) is 3.40. The summed E-state index contributed by atoms with van der Waals surface area (Å²) < 4.78 is 42.4. The molecule has 6 rings (SSSR count). The first kappa shape index (κ1) is 28.5. The van der Waals surface area contributed by atoms with E-state index in [1.807, 2.05) is 60.7 Å². The molecule has 0 saturated heterocycles. The minimum Gasteiger partial charge on any atom is -0.478 e. The van der Waals surface area contributed by atoms with Crippen LogP contribution in [0.4, 0.5) is 18.9 Å². The number of nitrogens with zero attached hydrogens (tertiary/aromatic N) is 3. The van der Waals surface area contributed by atoms with Crippen LogP contribution in [0.1, 0.15) is 65.2 Å². The van der Waals surface area contributed by atoms with E-state index in [0.717, 1.165) is 59.9 Å². The summed E-state index contributed by atoms with van der Waals surface area (Å²) in [5, 5.41) is 9.52. The molecule has 0 atom stereocenters. The number of benzene rings is 4. The summed E-state index contributed by atoms with van der Waals surface area (Å²) in [7, 11) is 0. The van der Waals surface area contributed by atoms with Gasteiger partial charge in [0.25, 0.3) is 0 Å². The topological polar surface area (TPSA) is 58.4 Å². The molecular weight excluding hydrogens is 551 g/mol. The highest BCUT2D eigenvalue weighted by Gasteiger charge is 2.30. The third-order valence-electron chi connectivity index (χ3n) is 8.21. The zero-order chi connectivity index (χ0) is 30.0. The molecule has 0 aliphatic heterocycles. The molecule has 1 N–H and O–H groups in total. The lowest BCUT2D eigenvalue weighted by molar-refractivity contribution is -0.137. The first-order valence-electron chi connectivity index (χ1n) is 14.6. The number of carboxylic acid groups (broad SMARTS) is 1. The molecule has 1 fully saturated rings. The lowest BCUT2D eigenvalue weighted by Gasteiger charge is -2.26. The van der Waals surface area contributed by atoms with Crippen molar-refractivity contribution in [1.82, 2.24) is 9.55 Å². The molecule has 0 spiro atoms. The van der Waals surface area contributed by atoms with Gasteiger partial charge in [-0.1, -0.05) is 73.9 Å². The van der Waals surface area contributed by atoms with Crippen LogP contribution in [0.15, 0.2) is 97.1 Å². The molecule has 5 aromatic rings. The van der Waals surface area contributed by atoms with Crippen LogP contribution in [0.2, 0.25) is 0 Å². The third kappa shape index (κ3) is 6.28. The van der Waals surface area contributed by atoms with E-state index in [2.05, 4.69) is 9.47 Å². The first-order valence-corrected chi connectivity index (χ1v) is 14.6. The summed E-state index contributed by atoms with van der Waals surface area (Å²) >= 11 is 0. The van der Waals surface area contributed by atoms with Crippen molar-refractivity contribution >= 4 is 22.7 Å². The second kappa shape index (κ2) is 12.0. The second-order valence-corrected chi connectivity index (χ2v) is 11.2. The van der Waals surface area contributed by atoms with Crippen molar-refractivity contribution in [2.45, 2.75) is 57.4 Å². The molecule has 5 nitrogen and oxygen atoms in total. The standard InChI is InChI=1S/C35H32F3N3O2/c36-35(37,38)28-9-7-8-25(20-28)23-40(29-10-3-1-4-11-29)22-24-14-16-26(17-15-24)33-39-31-21-27(34(42)43)18-19-32(31)41(33)30-12-5-2-6-13-30/h1,3-4,7-11,14-21,30H,2,5-6,12-13,22-23H2,(H,42,43). The van der Waals surface area contributed by atoms with Crippen molar-refractivity contribution in [2.75, 3.05) is 4.90 Å². The molecule has 4 aromatic carbocycles. The van der Waals surface area contributed by atoms with Crippen molar-refractivity contribution < 1.29 is 23.1 Å². The van der Waals surface area contributed by atoms with Crippen LogP contribution in [-0.2, 0) is 19.3 Å². The van der Waals surface area contributed by atoms with Gasteiger partial charge in [-0.2, -0.15) is 13.2 Å². The Kier molecular flexibility index (Phi) is 7.93. The van der Waals surface area contributed by atoms with Crippen molar-refractivity contribution in [3.8, 4) is 11.4 Å². The summed E-state index contributed by atoms with van der Waals surface area (Å²) in [6, 6.07) is 28.7. The number of anilines is 1. The lowest BCUT2D eigenvalue weighted by Crippen LogP contribution is -2.22. The number of imidazole rings is 1. The number of halogens is 3. The van der Waals surface area contributed by atoms with Crippen LogP contribution in [0.25, 0.3) is 22.4 Å². The van der Waals surface area contributed by atoms with E-state index in [1.54, 1.807) is 18.2 Å². The van der Waals surface area contributed by atoms with E-state index in [1.165, 1.54) is 18.6 Å². The Hall–Kier alpha value is -4.59. The summed E-state index contributed by atoms with van der Waals surface area (Å²) in [6.07, 6.45) is 1.23. The minimum absolute atomic E-state index is 0.212. The number of aromatic carboxylic acids is 1. The average molecular weight is 584 g/mol. The minimum atomic E-state index is -4.40. The summed E-state index contributed by atoms with van der Waals surface area (Å²) in [5.74, 6) is -0.159. The van der Waals surface area contributed by atoms with Crippen LogP contribution in [0.5, 0.6) is 0 Å². The normalized spacial score (nSPS) is 14.2. The zero-order valence-electron chi connectivity index (χ0n) is 23.6. The fourth-order valence-electron chi connectivity index (χ4n) is 6.07. The molecule has 1 heterocycles. The van der Waals surface area contributed by atoms with Crippen LogP contribution < -0.4 is 4.90 Å². The Morgan fingerprint density at radius 3 is 2.26 bits per heavy atom. The molecule has 220 valence electrons. The van der Waals surface area contributed by atoms with Gasteiger partial charge in [-0.3, -0.25) is 0 Å². The van der Waals surface area contributed by atoms with E-state index in [4.69, 9.17) is 4.98 Å². The smallest absolute Gasteiger partial charge is 0.416 e. The zero-order valence-corrected chi connectivity index (χ0v) is 23.6. The monoisotopic (exact) mass is 583 g/mol. The van der Waals surface area contributed by atoms with Gasteiger partial charge in [-0.05, 0) is 66.4 Å². The van der Waals surface area contributed by atoms with Crippen molar-refractivity contribution in [3.63, 3.8) is 0 Å². The molecule has 1 saturated carbocycles. The maximum Gasteiger partial charge on any atom is 0.416 e. The summed E-state index contributed by atoms with van der Waals surface area (Å²) in [5.41, 5.74) is 4.60. The SMILES string of the molecule is O=C(O)c1ccc2c(c1)nc(-c1ccc(CN(Cc3cccc(C(F)(F)F)c3)c3ccccc3)cc1)n2C1CCCCC1. The van der Waals surface area contributed by atoms with Crippen molar-refractivity contribution in [3.05, 3.63) is 119 Å². The Morgan fingerprint density at radius 2 is 1.56 bits per heavy atom. The summed E-state index contributed by atoms with van der Waals surface area (Å²) in [6.45, 7) is 0.820. The Balaban J connectivity index is 1.31. The van der Waals surface area contributed by atoms with Gasteiger partial charge in [0.1, 0.15) is 5.82 Å². The molecular formula is C35H32F3N3O2. The van der Waals surface area contributed by atoms with Crippen LogP contribution in [0.3, 0.4) is 0 Å². The lowest BCUT2D eigenvalue weighted by atomic mass is 9.94. The fraction of sp³-hybridized carbons (Fsp3) is 0.257. The van der Waals surface area contributed by atoms with Crippen LogP contribution in [0, 0.1) is 0 Å². The van der Waals surface area contributed by atoms with Crippen LogP contribution in [-0.4, -0.2) is 20.6 Å². The first-order chi connectivity index (χ1) is 20.8. The van der Waals surface area contributed by atoms with Crippen molar-refractivity contribution in [1.29, 1.82) is 0 Å². The molecule has 1 aliphatic carbocycles. The van der Waals surface area contributed by atoms with Gasteiger partial charge in [0.2, 0.25) is 0 Å². The van der Waals surface area contributed by atoms with Crippen LogP contribution >= 0.6 is 0 Å². The molecule has 8 heteroatoms.